The third-order valence-corrected chi connectivity index (χ3v) is 26.1. The fourth-order valence-electron chi connectivity index (χ4n) is 15.8. The first-order valence-corrected chi connectivity index (χ1v) is 47.1. The molecule has 0 aliphatic carbocycles. The largest absolute Gasteiger partial charge is 0.508 e. The highest BCUT2D eigenvalue weighted by Crippen LogP contribution is 2.30. The molecule has 5 heterocycles. The highest BCUT2D eigenvalue weighted by Gasteiger charge is 2.48. The normalized spacial score (nSPS) is 27.5. The number of hydrogen-bond donors (Lipinski definition) is 23. The maximum atomic E-state index is 15.7. The predicted octanol–water partition coefficient (Wildman–Crippen LogP) is -6.61. The number of primary amides is 2. The van der Waals surface area contributed by atoms with E-state index in [1.807, 2.05) is 0 Å². The monoisotopic (exact) mass is 1890 g/mol. The van der Waals surface area contributed by atoms with Crippen molar-refractivity contribution in [2.24, 2.45) is 34.8 Å². The van der Waals surface area contributed by atoms with Crippen molar-refractivity contribution in [2.45, 2.75) is 266 Å². The van der Waals surface area contributed by atoms with E-state index in [2.05, 4.69) is 79.8 Å². The Morgan fingerprint density at radius 3 is 1.46 bits per heavy atom. The van der Waals surface area contributed by atoms with Gasteiger partial charge >= 0.3 is 0 Å². The summed E-state index contributed by atoms with van der Waals surface area (Å²) in [6.07, 6.45) is -3.45. The number of fused-ring (bicyclic) bond motifs is 8. The molecule has 2 aromatic carbocycles. The van der Waals surface area contributed by atoms with Gasteiger partial charge in [0.15, 0.2) is 5.96 Å². The molecule has 2 aromatic rings. The number of nitrogens with zero attached hydrogens (tertiary/aromatic N) is 3. The fourth-order valence-corrected chi connectivity index (χ4v) is 18.1. The predicted molar refractivity (Wildman–Crippen MR) is 481 cm³/mol. The first-order chi connectivity index (χ1) is 62.8. The van der Waals surface area contributed by atoms with Crippen LogP contribution in [0.1, 0.15) is 162 Å². The quantitative estimate of drug-likeness (QED) is 0.0201. The Labute approximate surface area is 772 Å². The van der Waals surface area contributed by atoms with Gasteiger partial charge in [-0.2, -0.15) is 0 Å². The average Bonchev–Trinajstić information content (AvgIpc) is 1.65. The number of unbranched alkanes of at least 4 members (excludes halogenated alkanes) is 1. The molecule has 5 saturated heterocycles. The minimum Gasteiger partial charge on any atom is -0.508 e. The first kappa shape index (κ1) is 107. The Hall–Kier alpha value is -12.0. The molecule has 0 spiro atoms. The van der Waals surface area contributed by atoms with E-state index in [-0.39, 0.29) is 134 Å². The number of aliphatic hydroxyl groups is 2. The van der Waals surface area contributed by atoms with E-state index in [0.29, 0.717) is 12.0 Å². The van der Waals surface area contributed by atoms with Crippen molar-refractivity contribution in [3.05, 3.63) is 65.7 Å². The molecule has 5 fully saturated rings. The molecule has 19 amide bonds. The van der Waals surface area contributed by atoms with Gasteiger partial charge in [0.05, 0.1) is 25.7 Å². The molecule has 0 radical (unpaired) electrons. The van der Waals surface area contributed by atoms with E-state index in [1.54, 1.807) is 58.0 Å². The molecule has 7 rings (SSSR count). The van der Waals surface area contributed by atoms with Crippen LogP contribution < -0.4 is 103 Å². The van der Waals surface area contributed by atoms with Gasteiger partial charge in [0.1, 0.15) is 102 Å². The van der Waals surface area contributed by atoms with Crippen LogP contribution in [0.25, 0.3) is 0 Å². The van der Waals surface area contributed by atoms with Crippen molar-refractivity contribution in [2.75, 3.05) is 57.4 Å². The third kappa shape index (κ3) is 31.9. The number of guanidine groups is 1. The van der Waals surface area contributed by atoms with Crippen molar-refractivity contribution in [3.63, 3.8) is 0 Å². The number of rotatable bonds is 24. The zero-order valence-corrected chi connectivity index (χ0v) is 76.7. The molecule has 0 saturated carbocycles. The number of benzene rings is 2. The van der Waals surface area contributed by atoms with E-state index < -0.39 is 283 Å². The lowest BCUT2D eigenvalue weighted by Crippen LogP contribution is -2.62. The van der Waals surface area contributed by atoms with Crippen LogP contribution in [0.4, 0.5) is 0 Å². The topological polar surface area (TPSA) is 703 Å². The number of aliphatic hydroxyl groups excluding tert-OH is 2. The molecule has 0 unspecified atom stereocenters. The summed E-state index contributed by atoms with van der Waals surface area (Å²) in [6.45, 7) is 7.31. The Balaban J connectivity index is 1.40. The van der Waals surface area contributed by atoms with Gasteiger partial charge in [-0.15, -0.1) is 0 Å². The van der Waals surface area contributed by atoms with E-state index in [4.69, 9.17) is 28.3 Å². The number of carbonyl (C=O) groups is 19. The first-order valence-electron chi connectivity index (χ1n) is 44.6. The number of amides is 19. The molecule has 132 heavy (non-hydrogen) atoms. The number of carbonyl (C=O) groups excluding carboxylic acids is 19. The van der Waals surface area contributed by atoms with Crippen molar-refractivity contribution >= 4 is 140 Å². The van der Waals surface area contributed by atoms with Crippen molar-refractivity contribution < 1.29 is 106 Å². The lowest BCUT2D eigenvalue weighted by molar-refractivity contribution is -0.149. The molecule has 5 aliphatic heterocycles. The second-order valence-electron chi connectivity index (χ2n) is 33.6. The summed E-state index contributed by atoms with van der Waals surface area (Å²) < 4.78 is 0. The van der Waals surface area contributed by atoms with Crippen LogP contribution in [0.2, 0.25) is 0 Å². The van der Waals surface area contributed by atoms with Gasteiger partial charge < -0.3 is 133 Å². The van der Waals surface area contributed by atoms with Gasteiger partial charge in [-0.25, -0.2) is 0 Å². The molecule has 2 bridgehead atoms. The highest BCUT2D eigenvalue weighted by atomic mass is 33.1. The molecular formula is C85H129N23O22S2. The number of nitrogens with one attached hydrogen (secondary N) is 16. The standard InChI is InChI=1S/C85H129N23O22S2/c1-7-44(4)66-80(126)102-59-43-132-131-42-58(77(123)105-68(46(6)110)81(127)97-52(21-13-14-32-86)70(116)101-57(41-109)75(121)104-67(45(5)8-2)84(130)108-36-18-25-62(108)83(129)107-35-17-24-61(107)79(125)103-66)93-65(114)40-92-69(115)51(22-15-33-91-85(89)90)96-78(124)60-23-16-34-106(60)82(128)50(9-3)94-74(120)56(39-64(88)113)100-71(117)53(30-31-63(87)112)95-72(118)54(37-47-19-11-10-12-20-47)98-73(119)55(99-76(59)122)38-48-26-28-49(111)29-27-48/h10-12,19-20,26-29,44-46,50-62,66-68,109-111H,7-9,13-18,21-25,30-43,86H2,1-6H3,(H2,87,112)(H2,88,113)(H,92,115)(H,93,114)(H,94,120)(H,95,118)(H,96,124)(H,97,127)(H,98,119)(H,99,122)(H,100,117)(H,101,116)(H,102,126)(H,103,125)(H,104,121)(H,105,123)(H4,89,90,91)/t44-,45-,46+,50-,51-,52-,53-,54-,55-,56-,57-,58-,59-,60-,61-,62-,66-,67-,68-/m0/s1. The summed E-state index contributed by atoms with van der Waals surface area (Å²) in [7, 11) is 1.50. The second-order valence-corrected chi connectivity index (χ2v) is 36.1. The Morgan fingerprint density at radius 1 is 0.462 bits per heavy atom. The number of aromatic hydroxyl groups is 1. The third-order valence-electron chi connectivity index (χ3n) is 23.7. The van der Waals surface area contributed by atoms with Gasteiger partial charge in [0, 0.05) is 56.9 Å². The van der Waals surface area contributed by atoms with Gasteiger partial charge in [-0.1, -0.05) is 112 Å². The summed E-state index contributed by atoms with van der Waals surface area (Å²) in [6, 6.07) is -12.7. The zero-order valence-electron chi connectivity index (χ0n) is 75.0. The van der Waals surface area contributed by atoms with E-state index in [0.717, 1.165) is 33.4 Å². The van der Waals surface area contributed by atoms with E-state index >= 15 is 38.4 Å². The van der Waals surface area contributed by atoms with Crippen LogP contribution in [0.3, 0.4) is 0 Å². The maximum Gasteiger partial charge on any atom is 0.246 e. The summed E-state index contributed by atoms with van der Waals surface area (Å²) in [5.74, 6) is -22.7. The van der Waals surface area contributed by atoms with Crippen LogP contribution in [0.5, 0.6) is 5.75 Å². The highest BCUT2D eigenvalue weighted by molar-refractivity contribution is 8.76. The Morgan fingerprint density at radius 2 is 0.902 bits per heavy atom. The summed E-state index contributed by atoms with van der Waals surface area (Å²) >= 11 is 0. The lowest BCUT2D eigenvalue weighted by Gasteiger charge is -2.35. The van der Waals surface area contributed by atoms with Crippen LogP contribution in [0, 0.1) is 17.2 Å². The number of phenols is 1. The molecule has 728 valence electrons. The Bertz CT molecular complexity index is 4430. The van der Waals surface area contributed by atoms with Crippen molar-refractivity contribution in [3.8, 4) is 5.75 Å². The summed E-state index contributed by atoms with van der Waals surface area (Å²) in [5, 5.41) is 78.9. The van der Waals surface area contributed by atoms with Gasteiger partial charge in [-0.05, 0) is 132 Å². The molecule has 27 N–H and O–H groups in total. The molecule has 47 heteroatoms. The second kappa shape index (κ2) is 52.9. The molecule has 0 aromatic heterocycles. The fraction of sp³-hybridized carbons (Fsp3) is 0.624. The van der Waals surface area contributed by atoms with Gasteiger partial charge in [0.25, 0.3) is 0 Å². The minimum absolute atomic E-state index is 0.00121. The van der Waals surface area contributed by atoms with Crippen molar-refractivity contribution in [1.82, 2.24) is 94.5 Å². The molecule has 5 aliphatic rings. The zero-order chi connectivity index (χ0) is 97.2. The van der Waals surface area contributed by atoms with Crippen LogP contribution in [0.15, 0.2) is 54.6 Å². The van der Waals surface area contributed by atoms with Crippen molar-refractivity contribution in [1.29, 1.82) is 5.41 Å². The molecule has 19 atom stereocenters. The minimum atomic E-state index is -2.01. The van der Waals surface area contributed by atoms with Crippen LogP contribution >= 0.6 is 21.6 Å². The van der Waals surface area contributed by atoms with Gasteiger partial charge in [0.2, 0.25) is 112 Å². The van der Waals surface area contributed by atoms with E-state index in [1.165, 1.54) is 41.0 Å². The van der Waals surface area contributed by atoms with Crippen LogP contribution in [-0.2, 0) is 104 Å². The number of phenolic OH excluding ortho intramolecular Hbond substituents is 1. The number of hydrogen-bond acceptors (Lipinski definition) is 26. The number of nitrogens with two attached hydrogens (primary N) is 4. The summed E-state index contributed by atoms with van der Waals surface area (Å²) in [5.41, 5.74) is 23.3. The average molecular weight is 1890 g/mol. The molecular weight excluding hydrogens is 1760 g/mol. The SMILES string of the molecule is CC[C@@H]1NC(=O)[C@H](CC(N)=O)NC(=O)[C@H](CCC(N)=O)NC(=O)[C@H](Cc2ccccc2)NC(=O)[C@H](Cc2ccc(O)cc2)NC(=O)[C@@H]2CSSC[C@H](NC(=O)CNC(=O)[C@H](CCCNC(=N)N)NC(=O)[C@@H]3CCCN3C1=O)C(=O)N[C@@H]([C@@H](C)O)C(=O)N[C@@H](CCCCN)C(=O)N[C@@H](CO)C(=O)N[C@@H]([C@@H](C)CC)C(=O)N1CCC[C@H]1C(=O)N1CCC[C@H]1C(=O)N[C@@H]([C@@H](C)CC)C(=O)N2. The van der Waals surface area contributed by atoms with Gasteiger partial charge in [-0.3, -0.25) is 96.5 Å². The Kier molecular flexibility index (Phi) is 42.9. The summed E-state index contributed by atoms with van der Waals surface area (Å²) in [4.78, 5) is 283. The van der Waals surface area contributed by atoms with E-state index in [9.17, 15) is 68.1 Å². The lowest BCUT2D eigenvalue weighted by atomic mass is 9.96. The molecule has 45 nitrogen and oxygen atoms in total. The maximum absolute atomic E-state index is 15.7. The van der Waals surface area contributed by atoms with Crippen LogP contribution in [-0.4, -0.2) is 308 Å². The smallest absolute Gasteiger partial charge is 0.246 e.